The number of carbonyl (C=O) groups excluding carboxylic acids is 1. The van der Waals surface area contributed by atoms with Gasteiger partial charge in [-0.3, -0.25) is 9.89 Å². The van der Waals surface area contributed by atoms with Crippen LogP contribution in [0, 0.1) is 12.7 Å². The zero-order valence-electron chi connectivity index (χ0n) is 18.2. The van der Waals surface area contributed by atoms with E-state index in [2.05, 4.69) is 15.2 Å². The van der Waals surface area contributed by atoms with Crippen molar-refractivity contribution in [1.82, 2.24) is 15.2 Å². The van der Waals surface area contributed by atoms with Gasteiger partial charge in [0.05, 0.1) is 23.6 Å². The average molecular weight is 473 g/mol. The number of rotatable bonds is 7. The van der Waals surface area contributed by atoms with Gasteiger partial charge in [-0.15, -0.1) is 5.10 Å². The van der Waals surface area contributed by atoms with Crippen molar-refractivity contribution in [2.45, 2.75) is 26.1 Å². The molecule has 0 saturated carbocycles. The number of ketones is 1. The van der Waals surface area contributed by atoms with E-state index in [9.17, 15) is 18.0 Å². The van der Waals surface area contributed by atoms with Crippen LogP contribution in [0.4, 0.5) is 17.6 Å². The van der Waals surface area contributed by atoms with Crippen molar-refractivity contribution in [1.29, 1.82) is 0 Å². The average Bonchev–Trinajstić information content (AvgIpc) is 3.20. The molecular weight excluding hydrogens is 454 g/mol. The number of alkyl halides is 3. The topological polar surface area (TPSA) is 77.1 Å². The molecule has 0 bridgehead atoms. The minimum absolute atomic E-state index is 0.114. The molecule has 0 amide bonds. The van der Waals surface area contributed by atoms with Gasteiger partial charge in [0, 0.05) is 12.6 Å². The molecule has 0 unspecified atom stereocenters. The molecule has 2 aromatic carbocycles. The van der Waals surface area contributed by atoms with Crippen LogP contribution in [0.15, 0.2) is 48.7 Å². The van der Waals surface area contributed by atoms with Crippen LogP contribution in [0.1, 0.15) is 32.6 Å². The smallest absolute Gasteiger partial charge is 0.416 e. The molecule has 34 heavy (non-hydrogen) atoms. The number of hydrogen-bond acceptors (Lipinski definition) is 5. The van der Waals surface area contributed by atoms with Crippen LogP contribution in [-0.2, 0) is 19.2 Å². The maximum Gasteiger partial charge on any atom is 0.416 e. The van der Waals surface area contributed by atoms with Crippen molar-refractivity contribution in [2.75, 3.05) is 7.11 Å². The molecule has 0 aliphatic rings. The molecule has 1 N–H and O–H groups in total. The maximum atomic E-state index is 15.2. The van der Waals surface area contributed by atoms with Gasteiger partial charge in [0.2, 0.25) is 5.88 Å². The number of H-pyrrole nitrogens is 1. The number of aryl methyl sites for hydroxylation is 1. The number of aromatic amines is 1. The number of benzene rings is 2. The molecule has 6 nitrogen and oxygen atoms in total. The molecule has 2 aromatic heterocycles. The standard InChI is InChI=1S/C24H19F4N3O3/c1-13-3-8-19(34-12-14-4-6-16(7-5-14)24(26,27)28)21(25)20(13)18(32)10-15-9-17-22(29-11-15)30-31-23(17)33-2/h3-9,11H,10,12H2,1-2H3,(H,29,30,31). The number of fused-ring (bicyclic) bond motifs is 1. The Morgan fingerprint density at radius 3 is 2.50 bits per heavy atom. The van der Waals surface area contributed by atoms with Crippen molar-refractivity contribution in [3.8, 4) is 11.6 Å². The Morgan fingerprint density at radius 2 is 1.82 bits per heavy atom. The number of carbonyl (C=O) groups is 1. The molecule has 4 rings (SSSR count). The maximum absolute atomic E-state index is 15.2. The summed E-state index contributed by atoms with van der Waals surface area (Å²) in [7, 11) is 1.46. The molecule has 0 aliphatic heterocycles. The molecule has 0 spiro atoms. The fourth-order valence-corrected chi connectivity index (χ4v) is 3.51. The minimum atomic E-state index is -4.44. The first-order chi connectivity index (χ1) is 16.2. The quantitative estimate of drug-likeness (QED) is 0.286. The van der Waals surface area contributed by atoms with Crippen LogP contribution in [0.5, 0.6) is 11.6 Å². The van der Waals surface area contributed by atoms with E-state index in [0.717, 1.165) is 12.1 Å². The van der Waals surface area contributed by atoms with Crippen LogP contribution in [0.2, 0.25) is 0 Å². The summed E-state index contributed by atoms with van der Waals surface area (Å²) in [5.41, 5.74) is 0.991. The molecule has 2 heterocycles. The molecule has 4 aromatic rings. The summed E-state index contributed by atoms with van der Waals surface area (Å²) in [6.07, 6.45) is -3.06. The van der Waals surface area contributed by atoms with E-state index in [0.29, 0.717) is 33.6 Å². The molecule has 0 radical (unpaired) electrons. The second-order valence-corrected chi connectivity index (χ2v) is 7.63. The number of hydrogen-bond donors (Lipinski definition) is 1. The first-order valence-electron chi connectivity index (χ1n) is 10.2. The highest BCUT2D eigenvalue weighted by Crippen LogP contribution is 2.30. The van der Waals surface area contributed by atoms with E-state index in [-0.39, 0.29) is 24.3 Å². The highest BCUT2D eigenvalue weighted by atomic mass is 19.4. The predicted molar refractivity (Wildman–Crippen MR) is 115 cm³/mol. The minimum Gasteiger partial charge on any atom is -0.486 e. The Labute approximate surface area is 191 Å². The van der Waals surface area contributed by atoms with E-state index in [4.69, 9.17) is 9.47 Å². The number of methoxy groups -OCH3 is 1. The van der Waals surface area contributed by atoms with Gasteiger partial charge in [-0.1, -0.05) is 18.2 Å². The van der Waals surface area contributed by atoms with Crippen LogP contribution >= 0.6 is 0 Å². The highest BCUT2D eigenvalue weighted by molar-refractivity contribution is 5.99. The largest absolute Gasteiger partial charge is 0.486 e. The van der Waals surface area contributed by atoms with Gasteiger partial charge in [0.15, 0.2) is 23.0 Å². The Hall–Kier alpha value is -3.95. The highest BCUT2D eigenvalue weighted by Gasteiger charge is 2.30. The molecule has 0 saturated heterocycles. The first kappa shape index (κ1) is 23.2. The number of nitrogens with one attached hydrogen (secondary N) is 1. The fraction of sp³-hybridized carbons (Fsp3) is 0.208. The number of halogens is 4. The van der Waals surface area contributed by atoms with Gasteiger partial charge >= 0.3 is 6.18 Å². The number of Topliss-reactive ketones (excluding diaryl/α,β-unsaturated/α-hetero) is 1. The Balaban J connectivity index is 1.52. The molecule has 10 heteroatoms. The molecule has 0 aliphatic carbocycles. The number of pyridine rings is 1. The zero-order valence-corrected chi connectivity index (χ0v) is 18.2. The lowest BCUT2D eigenvalue weighted by Crippen LogP contribution is -2.10. The van der Waals surface area contributed by atoms with Crippen LogP contribution < -0.4 is 9.47 Å². The molecule has 0 fully saturated rings. The van der Waals surface area contributed by atoms with Crippen molar-refractivity contribution in [3.63, 3.8) is 0 Å². The summed E-state index contributed by atoms with van der Waals surface area (Å²) >= 11 is 0. The third kappa shape index (κ3) is 4.70. The lowest BCUT2D eigenvalue weighted by Gasteiger charge is -2.13. The van der Waals surface area contributed by atoms with Crippen molar-refractivity contribution in [2.24, 2.45) is 0 Å². The van der Waals surface area contributed by atoms with Crippen LogP contribution in [0.25, 0.3) is 11.0 Å². The van der Waals surface area contributed by atoms with E-state index in [1.54, 1.807) is 19.1 Å². The summed E-state index contributed by atoms with van der Waals surface area (Å²) in [6.45, 7) is 1.45. The monoisotopic (exact) mass is 473 g/mol. The molecule has 0 atom stereocenters. The van der Waals surface area contributed by atoms with E-state index in [1.807, 2.05) is 0 Å². The van der Waals surface area contributed by atoms with Crippen molar-refractivity contribution >= 4 is 16.8 Å². The third-order valence-electron chi connectivity index (χ3n) is 5.27. The lowest BCUT2D eigenvalue weighted by atomic mass is 9.98. The summed E-state index contributed by atoms with van der Waals surface area (Å²) in [5, 5.41) is 7.27. The number of aromatic nitrogens is 3. The normalized spacial score (nSPS) is 11.6. The van der Waals surface area contributed by atoms with Crippen molar-refractivity contribution < 1.29 is 31.8 Å². The van der Waals surface area contributed by atoms with Gasteiger partial charge in [0.1, 0.15) is 6.61 Å². The van der Waals surface area contributed by atoms with Crippen LogP contribution in [0.3, 0.4) is 0 Å². The zero-order chi connectivity index (χ0) is 24.5. The number of nitrogens with zero attached hydrogens (tertiary/aromatic N) is 2. The van der Waals surface area contributed by atoms with E-state index >= 15 is 4.39 Å². The van der Waals surface area contributed by atoms with Crippen molar-refractivity contribution in [3.05, 3.63) is 82.3 Å². The Morgan fingerprint density at radius 1 is 1.09 bits per heavy atom. The van der Waals surface area contributed by atoms with Gasteiger partial charge < -0.3 is 9.47 Å². The van der Waals surface area contributed by atoms with Crippen LogP contribution in [-0.4, -0.2) is 28.1 Å². The van der Waals surface area contributed by atoms with Gasteiger partial charge in [-0.25, -0.2) is 9.37 Å². The Bertz CT molecular complexity index is 1350. The summed E-state index contributed by atoms with van der Waals surface area (Å²) in [5.74, 6) is -1.14. The number of ether oxygens (including phenoxy) is 2. The Kier molecular flexibility index (Phi) is 6.23. The summed E-state index contributed by atoms with van der Waals surface area (Å²) < 4.78 is 63.9. The fourth-order valence-electron chi connectivity index (χ4n) is 3.51. The molecular formula is C24H19F4N3O3. The van der Waals surface area contributed by atoms with Gasteiger partial charge in [0.25, 0.3) is 0 Å². The van der Waals surface area contributed by atoms with E-state index in [1.165, 1.54) is 31.5 Å². The lowest BCUT2D eigenvalue weighted by molar-refractivity contribution is -0.137. The second kappa shape index (κ2) is 9.12. The second-order valence-electron chi connectivity index (χ2n) is 7.63. The molecule has 176 valence electrons. The van der Waals surface area contributed by atoms with E-state index < -0.39 is 23.3 Å². The first-order valence-corrected chi connectivity index (χ1v) is 10.2. The summed E-state index contributed by atoms with van der Waals surface area (Å²) in [6, 6.07) is 9.01. The van der Waals surface area contributed by atoms with Gasteiger partial charge in [-0.2, -0.15) is 13.2 Å². The SMILES string of the molecule is COc1n[nH]c2ncc(CC(=O)c3c(C)ccc(OCc4ccc(C(F)(F)F)cc4)c3F)cc12. The van der Waals surface area contributed by atoms with Gasteiger partial charge in [-0.05, 0) is 47.9 Å². The summed E-state index contributed by atoms with van der Waals surface area (Å²) in [4.78, 5) is 17.2. The predicted octanol–water partition coefficient (Wildman–Crippen LogP) is 5.44. The third-order valence-corrected chi connectivity index (χ3v) is 5.27.